The van der Waals surface area contributed by atoms with Gasteiger partial charge in [0.25, 0.3) is 10.1 Å². The molecule has 0 aromatic carbocycles. The molecule has 68 valence electrons. The number of ether oxygens (including phenoxy) is 1. The minimum Gasteiger partial charge on any atom is -0.382 e. The third-order valence-electron chi connectivity index (χ3n) is 1.15. The summed E-state index contributed by atoms with van der Waals surface area (Å²) < 4.78 is 33.6. The van der Waals surface area contributed by atoms with Crippen LogP contribution in [0.5, 0.6) is 0 Å². The van der Waals surface area contributed by atoms with E-state index in [2.05, 4.69) is 0 Å². The molecule has 0 spiro atoms. The third-order valence-corrected chi connectivity index (χ3v) is 1.95. The largest absolute Gasteiger partial charge is 1.00 e. The zero-order valence-corrected chi connectivity index (χ0v) is 10.4. The Kier molecular flexibility index (Phi) is 10.8. The molecule has 0 saturated heterocycles. The average Bonchev–Trinajstić information content (AvgIpc) is 1.85. The third kappa shape index (κ3) is 13.5. The predicted octanol–water partition coefficient (Wildman–Crippen LogP) is -2.31. The monoisotopic (exact) mass is 205 g/mol. The van der Waals surface area contributed by atoms with E-state index in [-0.39, 0.29) is 35.3 Å². The van der Waals surface area contributed by atoms with Gasteiger partial charge in [0.2, 0.25) is 0 Å². The van der Waals surface area contributed by atoms with Gasteiger partial charge in [-0.1, -0.05) is 0 Å². The molecule has 0 radical (unpaired) electrons. The molecule has 0 aliphatic rings. The van der Waals surface area contributed by atoms with E-state index in [1.807, 2.05) is 6.92 Å². The zero-order chi connectivity index (χ0) is 8.74. The summed E-state index contributed by atoms with van der Waals surface area (Å²) in [6.07, 6.45) is 1.13. The minimum absolute atomic E-state index is 0. The quantitative estimate of drug-likeness (QED) is 0.301. The standard InChI is InChI=1S/C6H14O4S.Na/c1-2-10-5-3-4-6-11(7,8)9;/h2-6H2,1H3,(H,7,8,9);/q;+1. The molecule has 0 aromatic rings. The van der Waals surface area contributed by atoms with Gasteiger partial charge in [0.15, 0.2) is 0 Å². The molecule has 12 heavy (non-hydrogen) atoms. The van der Waals surface area contributed by atoms with E-state index < -0.39 is 10.1 Å². The van der Waals surface area contributed by atoms with E-state index >= 15 is 0 Å². The molecule has 6 heteroatoms. The van der Waals surface area contributed by atoms with Gasteiger partial charge in [-0.15, -0.1) is 0 Å². The van der Waals surface area contributed by atoms with Crippen LogP contribution in [0.25, 0.3) is 0 Å². The summed E-state index contributed by atoms with van der Waals surface area (Å²) in [6.45, 7) is 3.08. The Morgan fingerprint density at radius 2 is 1.92 bits per heavy atom. The predicted molar refractivity (Wildman–Crippen MR) is 42.1 cm³/mol. The van der Waals surface area contributed by atoms with Crippen molar-refractivity contribution in [1.82, 2.24) is 0 Å². The topological polar surface area (TPSA) is 63.6 Å². The Morgan fingerprint density at radius 3 is 2.33 bits per heavy atom. The fourth-order valence-electron chi connectivity index (χ4n) is 0.633. The van der Waals surface area contributed by atoms with Crippen molar-refractivity contribution in [3.8, 4) is 0 Å². The van der Waals surface area contributed by atoms with E-state index in [0.29, 0.717) is 26.1 Å². The summed E-state index contributed by atoms with van der Waals surface area (Å²) in [7, 11) is -3.77. The average molecular weight is 205 g/mol. The fraction of sp³-hybridized carbons (Fsp3) is 1.00. The van der Waals surface area contributed by atoms with E-state index in [0.717, 1.165) is 0 Å². The molecule has 0 amide bonds. The van der Waals surface area contributed by atoms with Gasteiger partial charge in [0.05, 0.1) is 5.75 Å². The first-order chi connectivity index (χ1) is 5.06. The molecule has 0 bridgehead atoms. The molecule has 0 unspecified atom stereocenters. The van der Waals surface area contributed by atoms with Crippen molar-refractivity contribution >= 4 is 10.1 Å². The van der Waals surface area contributed by atoms with E-state index in [1.54, 1.807) is 0 Å². The van der Waals surface area contributed by atoms with Crippen molar-refractivity contribution in [1.29, 1.82) is 0 Å². The normalized spacial score (nSPS) is 10.8. The number of rotatable bonds is 6. The van der Waals surface area contributed by atoms with Crippen LogP contribution in [0, 0.1) is 0 Å². The molecular weight excluding hydrogens is 191 g/mol. The fourth-order valence-corrected chi connectivity index (χ4v) is 1.20. The molecule has 0 atom stereocenters. The number of hydrogen-bond donors (Lipinski definition) is 1. The van der Waals surface area contributed by atoms with E-state index in [9.17, 15) is 8.42 Å². The van der Waals surface area contributed by atoms with Gasteiger partial charge in [0, 0.05) is 13.2 Å². The summed E-state index contributed by atoms with van der Waals surface area (Å²) in [6, 6.07) is 0. The second kappa shape index (κ2) is 8.47. The first kappa shape index (κ1) is 15.3. The summed E-state index contributed by atoms with van der Waals surface area (Å²) >= 11 is 0. The van der Waals surface area contributed by atoms with Crippen LogP contribution in [0.1, 0.15) is 19.8 Å². The SMILES string of the molecule is CCOCCCCS(=O)(=O)O.[Na+]. The molecule has 0 aliphatic heterocycles. The Balaban J connectivity index is 0. The molecule has 0 rings (SSSR count). The van der Waals surface area contributed by atoms with Crippen LogP contribution in [0.3, 0.4) is 0 Å². The Hall–Kier alpha value is 0.870. The number of unbranched alkanes of at least 4 members (excludes halogenated alkanes) is 1. The van der Waals surface area contributed by atoms with Gasteiger partial charge >= 0.3 is 29.6 Å². The van der Waals surface area contributed by atoms with Gasteiger partial charge in [0.1, 0.15) is 0 Å². The Morgan fingerprint density at radius 1 is 1.33 bits per heavy atom. The second-order valence-electron chi connectivity index (χ2n) is 2.19. The van der Waals surface area contributed by atoms with Crippen molar-refractivity contribution in [3.63, 3.8) is 0 Å². The van der Waals surface area contributed by atoms with Crippen LogP contribution < -0.4 is 29.6 Å². The maximum Gasteiger partial charge on any atom is 1.00 e. The Labute approximate surface area is 95.7 Å². The van der Waals surface area contributed by atoms with Gasteiger partial charge in [-0.05, 0) is 19.8 Å². The van der Waals surface area contributed by atoms with Crippen LogP contribution >= 0.6 is 0 Å². The first-order valence-electron chi connectivity index (χ1n) is 3.59. The van der Waals surface area contributed by atoms with Gasteiger partial charge in [-0.2, -0.15) is 8.42 Å². The molecule has 0 aliphatic carbocycles. The van der Waals surface area contributed by atoms with Gasteiger partial charge < -0.3 is 4.74 Å². The van der Waals surface area contributed by atoms with Crippen LogP contribution in [-0.2, 0) is 14.9 Å². The molecular formula is C6H14NaO4S+. The molecule has 4 nitrogen and oxygen atoms in total. The minimum atomic E-state index is -3.77. The van der Waals surface area contributed by atoms with Crippen LogP contribution in [0.2, 0.25) is 0 Å². The molecule has 0 heterocycles. The second-order valence-corrected chi connectivity index (χ2v) is 3.76. The maximum atomic E-state index is 10.2. The van der Waals surface area contributed by atoms with Crippen LogP contribution in [-0.4, -0.2) is 31.9 Å². The van der Waals surface area contributed by atoms with E-state index in [4.69, 9.17) is 9.29 Å². The van der Waals surface area contributed by atoms with Crippen molar-refractivity contribution in [3.05, 3.63) is 0 Å². The molecule has 1 N–H and O–H groups in total. The summed E-state index contributed by atoms with van der Waals surface area (Å²) in [5.41, 5.74) is 0. The van der Waals surface area contributed by atoms with E-state index in [1.165, 1.54) is 0 Å². The molecule has 0 fully saturated rings. The van der Waals surface area contributed by atoms with Crippen molar-refractivity contribution in [2.75, 3.05) is 19.0 Å². The molecule has 0 aromatic heterocycles. The van der Waals surface area contributed by atoms with Crippen LogP contribution in [0.15, 0.2) is 0 Å². The first-order valence-corrected chi connectivity index (χ1v) is 5.20. The molecule has 0 saturated carbocycles. The summed E-state index contributed by atoms with van der Waals surface area (Å²) in [5, 5.41) is 0. The van der Waals surface area contributed by atoms with Crippen molar-refractivity contribution < 1.29 is 47.3 Å². The maximum absolute atomic E-state index is 10.2. The number of hydrogen-bond acceptors (Lipinski definition) is 3. The van der Waals surface area contributed by atoms with Crippen molar-refractivity contribution in [2.45, 2.75) is 19.8 Å². The summed E-state index contributed by atoms with van der Waals surface area (Å²) in [5.74, 6) is -0.167. The zero-order valence-electron chi connectivity index (χ0n) is 7.62. The summed E-state index contributed by atoms with van der Waals surface area (Å²) in [4.78, 5) is 0. The van der Waals surface area contributed by atoms with Crippen molar-refractivity contribution in [2.24, 2.45) is 0 Å². The van der Waals surface area contributed by atoms with Gasteiger partial charge in [-0.3, -0.25) is 4.55 Å². The van der Waals surface area contributed by atoms with Gasteiger partial charge in [-0.25, -0.2) is 0 Å². The smallest absolute Gasteiger partial charge is 0.382 e. The van der Waals surface area contributed by atoms with Crippen LogP contribution in [0.4, 0.5) is 0 Å². The Bertz CT molecular complexity index is 178.